The van der Waals surface area contributed by atoms with Crippen LogP contribution in [0.1, 0.15) is 24.0 Å². The van der Waals surface area contributed by atoms with Gasteiger partial charge in [0.25, 0.3) is 0 Å². The number of aromatic nitrogens is 1. The molecule has 0 radical (unpaired) electrons. The van der Waals surface area contributed by atoms with Crippen molar-refractivity contribution < 1.29 is 4.79 Å². The molecule has 1 fully saturated rings. The van der Waals surface area contributed by atoms with Crippen molar-refractivity contribution >= 4 is 11.7 Å². The minimum atomic E-state index is -0.0295. The lowest BCUT2D eigenvalue weighted by Gasteiger charge is -2.23. The first-order chi connectivity index (χ1) is 10.2. The molecule has 3 rings (SSSR count). The van der Waals surface area contributed by atoms with Crippen molar-refractivity contribution in [1.29, 1.82) is 0 Å². The summed E-state index contributed by atoms with van der Waals surface area (Å²) in [6, 6.07) is 12.1. The third-order valence-electron chi connectivity index (χ3n) is 3.65. The molecule has 21 heavy (non-hydrogen) atoms. The van der Waals surface area contributed by atoms with E-state index in [1.165, 1.54) is 5.56 Å². The van der Waals surface area contributed by atoms with E-state index < -0.39 is 0 Å². The molecule has 1 aliphatic carbocycles. The number of carbonyl (C=O) groups is 1. The maximum atomic E-state index is 12.5. The number of urea groups is 1. The van der Waals surface area contributed by atoms with Crippen LogP contribution in [0.3, 0.4) is 0 Å². The van der Waals surface area contributed by atoms with Gasteiger partial charge in [-0.25, -0.2) is 4.79 Å². The number of nitrogens with one attached hydrogen (secondary N) is 1. The number of benzene rings is 1. The first-order valence-electron chi connectivity index (χ1n) is 7.25. The Morgan fingerprint density at radius 3 is 2.48 bits per heavy atom. The maximum absolute atomic E-state index is 12.5. The van der Waals surface area contributed by atoms with E-state index in [1.54, 1.807) is 12.4 Å². The lowest BCUT2D eigenvalue weighted by atomic mass is 10.2. The third kappa shape index (κ3) is 3.60. The van der Waals surface area contributed by atoms with Crippen LogP contribution in [-0.2, 0) is 6.54 Å². The van der Waals surface area contributed by atoms with Gasteiger partial charge in [0.2, 0.25) is 0 Å². The third-order valence-corrected chi connectivity index (χ3v) is 3.65. The van der Waals surface area contributed by atoms with Crippen LogP contribution < -0.4 is 5.32 Å². The second kappa shape index (κ2) is 5.95. The Bertz CT molecular complexity index is 606. The fourth-order valence-corrected chi connectivity index (χ4v) is 2.27. The van der Waals surface area contributed by atoms with Gasteiger partial charge in [0, 0.05) is 30.7 Å². The first kappa shape index (κ1) is 13.6. The Hall–Kier alpha value is -2.36. The normalized spacial score (nSPS) is 13.8. The van der Waals surface area contributed by atoms with Gasteiger partial charge in [-0.2, -0.15) is 0 Å². The lowest BCUT2D eigenvalue weighted by Crippen LogP contribution is -2.36. The van der Waals surface area contributed by atoms with Crippen molar-refractivity contribution in [3.63, 3.8) is 0 Å². The van der Waals surface area contributed by atoms with Crippen LogP contribution in [0.15, 0.2) is 48.8 Å². The molecule has 0 aliphatic heterocycles. The van der Waals surface area contributed by atoms with E-state index in [2.05, 4.69) is 10.3 Å². The van der Waals surface area contributed by atoms with Gasteiger partial charge in [0.1, 0.15) is 0 Å². The van der Waals surface area contributed by atoms with E-state index in [-0.39, 0.29) is 6.03 Å². The van der Waals surface area contributed by atoms with Gasteiger partial charge in [-0.05, 0) is 49.6 Å². The molecule has 0 atom stereocenters. The molecule has 4 heteroatoms. The van der Waals surface area contributed by atoms with Crippen molar-refractivity contribution in [2.24, 2.45) is 0 Å². The second-order valence-corrected chi connectivity index (χ2v) is 5.51. The number of amides is 2. The monoisotopic (exact) mass is 281 g/mol. The van der Waals surface area contributed by atoms with E-state index >= 15 is 0 Å². The SMILES string of the molecule is Cc1ccc(NC(=O)N(Cc2ccncc2)C2CC2)cc1. The molecular weight excluding hydrogens is 262 g/mol. The number of hydrogen-bond acceptors (Lipinski definition) is 2. The number of pyridine rings is 1. The van der Waals surface area contributed by atoms with Gasteiger partial charge >= 0.3 is 6.03 Å². The smallest absolute Gasteiger partial charge is 0.317 e. The molecule has 1 aromatic carbocycles. The summed E-state index contributed by atoms with van der Waals surface area (Å²) in [5, 5.41) is 2.98. The highest BCUT2D eigenvalue weighted by molar-refractivity contribution is 5.89. The average molecular weight is 281 g/mol. The van der Waals surface area contributed by atoms with Crippen LogP contribution in [0.2, 0.25) is 0 Å². The zero-order valence-electron chi connectivity index (χ0n) is 12.1. The summed E-state index contributed by atoms with van der Waals surface area (Å²) in [7, 11) is 0. The topological polar surface area (TPSA) is 45.2 Å². The highest BCUT2D eigenvalue weighted by Crippen LogP contribution is 2.29. The summed E-state index contributed by atoms with van der Waals surface area (Å²) in [5.41, 5.74) is 3.13. The Kier molecular flexibility index (Phi) is 3.86. The lowest BCUT2D eigenvalue weighted by molar-refractivity contribution is 0.206. The van der Waals surface area contributed by atoms with E-state index in [9.17, 15) is 4.79 Å². The zero-order chi connectivity index (χ0) is 14.7. The molecule has 2 aromatic rings. The van der Waals surface area contributed by atoms with Crippen molar-refractivity contribution in [1.82, 2.24) is 9.88 Å². The van der Waals surface area contributed by atoms with Crippen LogP contribution in [0.5, 0.6) is 0 Å². The molecule has 1 N–H and O–H groups in total. The van der Waals surface area contributed by atoms with Crippen LogP contribution in [0.25, 0.3) is 0 Å². The molecule has 1 aromatic heterocycles. The van der Waals surface area contributed by atoms with Crippen molar-refractivity contribution in [2.45, 2.75) is 32.4 Å². The zero-order valence-corrected chi connectivity index (χ0v) is 12.1. The Balaban J connectivity index is 1.69. The molecule has 0 unspecified atom stereocenters. The molecule has 108 valence electrons. The molecule has 4 nitrogen and oxygen atoms in total. The number of rotatable bonds is 4. The fourth-order valence-electron chi connectivity index (χ4n) is 2.27. The standard InChI is InChI=1S/C17H19N3O/c1-13-2-4-15(5-3-13)19-17(21)20(16-6-7-16)12-14-8-10-18-11-9-14/h2-5,8-11,16H,6-7,12H2,1H3,(H,19,21). The van der Waals surface area contributed by atoms with Crippen LogP contribution in [0.4, 0.5) is 10.5 Å². The summed E-state index contributed by atoms with van der Waals surface area (Å²) in [6.45, 7) is 2.66. The summed E-state index contributed by atoms with van der Waals surface area (Å²) in [5.74, 6) is 0. The quantitative estimate of drug-likeness (QED) is 0.931. The molecule has 0 saturated heterocycles. The highest BCUT2D eigenvalue weighted by Gasteiger charge is 2.32. The van der Waals surface area contributed by atoms with Gasteiger partial charge in [-0.1, -0.05) is 17.7 Å². The molecule has 1 aliphatic rings. The van der Waals surface area contributed by atoms with E-state index in [0.717, 1.165) is 24.1 Å². The highest BCUT2D eigenvalue weighted by atomic mass is 16.2. The molecular formula is C17H19N3O. The van der Waals surface area contributed by atoms with Gasteiger partial charge in [-0.15, -0.1) is 0 Å². The maximum Gasteiger partial charge on any atom is 0.322 e. The predicted octanol–water partition coefficient (Wildman–Crippen LogP) is 3.59. The van der Waals surface area contributed by atoms with E-state index in [4.69, 9.17) is 0 Å². The molecule has 1 heterocycles. The van der Waals surface area contributed by atoms with Crippen LogP contribution in [-0.4, -0.2) is 22.0 Å². The number of anilines is 1. The van der Waals surface area contributed by atoms with Crippen molar-refractivity contribution in [3.05, 3.63) is 59.9 Å². The van der Waals surface area contributed by atoms with Crippen molar-refractivity contribution in [2.75, 3.05) is 5.32 Å². The molecule has 0 bridgehead atoms. The van der Waals surface area contributed by atoms with Gasteiger partial charge < -0.3 is 10.2 Å². The van der Waals surface area contributed by atoms with Crippen LogP contribution >= 0.6 is 0 Å². The Morgan fingerprint density at radius 2 is 1.86 bits per heavy atom. The van der Waals surface area contributed by atoms with Gasteiger partial charge in [0.05, 0.1) is 0 Å². The Labute approximate surface area is 124 Å². The summed E-state index contributed by atoms with van der Waals surface area (Å²) < 4.78 is 0. The van der Waals surface area contributed by atoms with Crippen molar-refractivity contribution in [3.8, 4) is 0 Å². The Morgan fingerprint density at radius 1 is 1.19 bits per heavy atom. The van der Waals surface area contributed by atoms with Crippen LogP contribution in [0, 0.1) is 6.92 Å². The number of aryl methyl sites for hydroxylation is 1. The average Bonchev–Trinajstić information content (AvgIpc) is 3.33. The van der Waals surface area contributed by atoms with E-state index in [1.807, 2.05) is 48.2 Å². The van der Waals surface area contributed by atoms with Gasteiger partial charge in [-0.3, -0.25) is 4.98 Å². The number of hydrogen-bond donors (Lipinski definition) is 1. The second-order valence-electron chi connectivity index (χ2n) is 5.51. The predicted molar refractivity (Wildman–Crippen MR) is 83.0 cm³/mol. The summed E-state index contributed by atoms with van der Waals surface area (Å²) in [4.78, 5) is 18.4. The van der Waals surface area contributed by atoms with Gasteiger partial charge in [0.15, 0.2) is 0 Å². The minimum absolute atomic E-state index is 0.0295. The largest absolute Gasteiger partial charge is 0.322 e. The number of carbonyl (C=O) groups excluding carboxylic acids is 1. The summed E-state index contributed by atoms with van der Waals surface area (Å²) in [6.07, 6.45) is 5.70. The van der Waals surface area contributed by atoms with E-state index in [0.29, 0.717) is 12.6 Å². The fraction of sp³-hybridized carbons (Fsp3) is 0.294. The first-order valence-corrected chi connectivity index (χ1v) is 7.25. The molecule has 2 amide bonds. The molecule has 1 saturated carbocycles. The summed E-state index contributed by atoms with van der Waals surface area (Å²) >= 11 is 0. The number of nitrogens with zero attached hydrogens (tertiary/aromatic N) is 2. The molecule has 0 spiro atoms. The minimum Gasteiger partial charge on any atom is -0.317 e.